The van der Waals surface area contributed by atoms with Gasteiger partial charge in [0.05, 0.1) is 11.3 Å². The molecule has 2 heterocycles. The standard InChI is InChI=1S/C18H14N2O4S/c1-10-3-2-4-12(16(10)21)17(22)20-18-19-13(8-25-18)11-5-6-14-15(7-11)24-9-23-14/h2-8,21H,9H2,1H3,(H,19,20,22). The number of amides is 1. The molecule has 6 nitrogen and oxygen atoms in total. The summed E-state index contributed by atoms with van der Waals surface area (Å²) in [5.41, 5.74) is 2.47. The number of thiazole rings is 1. The number of ether oxygens (including phenoxy) is 2. The van der Waals surface area contributed by atoms with Gasteiger partial charge < -0.3 is 14.6 Å². The molecule has 0 atom stereocenters. The Labute approximate surface area is 147 Å². The zero-order valence-electron chi connectivity index (χ0n) is 13.3. The Kier molecular flexibility index (Phi) is 3.77. The van der Waals surface area contributed by atoms with Crippen molar-refractivity contribution < 1.29 is 19.4 Å². The topological polar surface area (TPSA) is 80.7 Å². The van der Waals surface area contributed by atoms with Crippen molar-refractivity contribution in [3.63, 3.8) is 0 Å². The molecule has 0 unspecified atom stereocenters. The van der Waals surface area contributed by atoms with Gasteiger partial charge in [-0.1, -0.05) is 12.1 Å². The monoisotopic (exact) mass is 354 g/mol. The first kappa shape index (κ1) is 15.5. The fourth-order valence-electron chi connectivity index (χ4n) is 2.53. The molecule has 1 aliphatic rings. The number of carbonyl (C=O) groups is 1. The Morgan fingerprint density at radius 1 is 1.24 bits per heavy atom. The van der Waals surface area contributed by atoms with E-state index in [1.807, 2.05) is 23.6 Å². The fraction of sp³-hybridized carbons (Fsp3) is 0.111. The molecule has 0 fully saturated rings. The Morgan fingerprint density at radius 2 is 2.08 bits per heavy atom. The number of nitrogens with one attached hydrogen (secondary N) is 1. The average Bonchev–Trinajstić information content (AvgIpc) is 3.25. The lowest BCUT2D eigenvalue weighted by Crippen LogP contribution is -2.12. The van der Waals surface area contributed by atoms with Crippen LogP contribution in [-0.2, 0) is 0 Å². The van der Waals surface area contributed by atoms with E-state index >= 15 is 0 Å². The maximum absolute atomic E-state index is 12.3. The highest BCUT2D eigenvalue weighted by molar-refractivity contribution is 7.14. The number of anilines is 1. The molecule has 0 aliphatic carbocycles. The van der Waals surface area contributed by atoms with Crippen molar-refractivity contribution in [1.29, 1.82) is 0 Å². The molecule has 7 heteroatoms. The van der Waals surface area contributed by atoms with Crippen LogP contribution >= 0.6 is 11.3 Å². The van der Waals surface area contributed by atoms with Crippen LogP contribution in [0.3, 0.4) is 0 Å². The lowest BCUT2D eigenvalue weighted by molar-refractivity contribution is 0.102. The van der Waals surface area contributed by atoms with E-state index in [-0.39, 0.29) is 18.1 Å². The van der Waals surface area contributed by atoms with Crippen molar-refractivity contribution >= 4 is 22.4 Å². The summed E-state index contributed by atoms with van der Waals surface area (Å²) in [4.78, 5) is 16.8. The third-order valence-electron chi connectivity index (χ3n) is 3.88. The van der Waals surface area contributed by atoms with Gasteiger partial charge in [0, 0.05) is 10.9 Å². The Balaban J connectivity index is 1.55. The number of aromatic hydroxyl groups is 1. The first-order valence-electron chi connectivity index (χ1n) is 7.57. The van der Waals surface area contributed by atoms with Crippen molar-refractivity contribution in [3.05, 3.63) is 52.9 Å². The second-order valence-corrected chi connectivity index (χ2v) is 6.39. The van der Waals surface area contributed by atoms with Crippen LogP contribution in [0.15, 0.2) is 41.8 Å². The number of carbonyl (C=O) groups excluding carboxylic acids is 1. The van der Waals surface area contributed by atoms with Gasteiger partial charge in [0.2, 0.25) is 6.79 Å². The maximum atomic E-state index is 12.3. The normalized spacial score (nSPS) is 12.2. The number of hydrogen-bond acceptors (Lipinski definition) is 6. The van der Waals surface area contributed by atoms with E-state index < -0.39 is 5.91 Å². The van der Waals surface area contributed by atoms with Gasteiger partial charge >= 0.3 is 0 Å². The molecule has 1 aromatic heterocycles. The summed E-state index contributed by atoms with van der Waals surface area (Å²) in [5, 5.41) is 15.0. The molecule has 2 N–H and O–H groups in total. The molecule has 3 aromatic rings. The van der Waals surface area contributed by atoms with Crippen LogP contribution in [0, 0.1) is 6.92 Å². The molecule has 1 amide bonds. The molecular formula is C18H14N2O4S. The molecule has 25 heavy (non-hydrogen) atoms. The van der Waals surface area contributed by atoms with Crippen molar-refractivity contribution in [2.45, 2.75) is 6.92 Å². The lowest BCUT2D eigenvalue weighted by Gasteiger charge is -2.06. The Hall–Kier alpha value is -3.06. The van der Waals surface area contributed by atoms with Crippen LogP contribution in [0.2, 0.25) is 0 Å². The van der Waals surface area contributed by atoms with E-state index in [1.165, 1.54) is 11.3 Å². The van der Waals surface area contributed by atoms with Crippen molar-refractivity contribution in [2.75, 3.05) is 12.1 Å². The van der Waals surface area contributed by atoms with Crippen LogP contribution in [-0.4, -0.2) is 22.8 Å². The number of phenolic OH excluding ortho intramolecular Hbond substituents is 1. The summed E-state index contributed by atoms with van der Waals surface area (Å²) in [5.74, 6) is 0.975. The molecule has 2 aromatic carbocycles. The SMILES string of the molecule is Cc1cccc(C(=O)Nc2nc(-c3ccc4c(c3)OCO4)cs2)c1O. The largest absolute Gasteiger partial charge is 0.507 e. The molecule has 0 saturated heterocycles. The molecule has 126 valence electrons. The molecule has 1 aliphatic heterocycles. The van der Waals surface area contributed by atoms with Gasteiger partial charge in [-0.2, -0.15) is 0 Å². The van der Waals surface area contributed by atoms with E-state index in [2.05, 4.69) is 10.3 Å². The van der Waals surface area contributed by atoms with Gasteiger partial charge in [-0.15, -0.1) is 11.3 Å². The summed E-state index contributed by atoms with van der Waals surface area (Å²) in [7, 11) is 0. The van der Waals surface area contributed by atoms with E-state index in [9.17, 15) is 9.90 Å². The zero-order valence-corrected chi connectivity index (χ0v) is 14.1. The second-order valence-electron chi connectivity index (χ2n) is 5.53. The van der Waals surface area contributed by atoms with E-state index in [0.717, 1.165) is 11.3 Å². The number of fused-ring (bicyclic) bond motifs is 1. The highest BCUT2D eigenvalue weighted by Crippen LogP contribution is 2.36. The highest BCUT2D eigenvalue weighted by Gasteiger charge is 2.17. The number of hydrogen-bond donors (Lipinski definition) is 2. The van der Waals surface area contributed by atoms with Crippen LogP contribution in [0.25, 0.3) is 11.3 Å². The van der Waals surface area contributed by atoms with Gasteiger partial charge in [-0.05, 0) is 36.8 Å². The van der Waals surface area contributed by atoms with Crippen molar-refractivity contribution in [1.82, 2.24) is 4.98 Å². The van der Waals surface area contributed by atoms with Gasteiger partial charge in [0.1, 0.15) is 5.75 Å². The smallest absolute Gasteiger partial charge is 0.261 e. The van der Waals surface area contributed by atoms with Crippen LogP contribution < -0.4 is 14.8 Å². The van der Waals surface area contributed by atoms with Gasteiger partial charge in [0.25, 0.3) is 5.91 Å². The minimum atomic E-state index is -0.396. The predicted molar refractivity (Wildman–Crippen MR) is 94.5 cm³/mol. The molecule has 0 saturated carbocycles. The summed E-state index contributed by atoms with van der Waals surface area (Å²) in [6, 6.07) is 10.6. The molecule has 0 radical (unpaired) electrons. The van der Waals surface area contributed by atoms with Crippen LogP contribution in [0.4, 0.5) is 5.13 Å². The van der Waals surface area contributed by atoms with E-state index in [4.69, 9.17) is 9.47 Å². The molecule has 0 bridgehead atoms. The second kappa shape index (κ2) is 6.10. The van der Waals surface area contributed by atoms with Gasteiger partial charge in [-0.3, -0.25) is 10.1 Å². The first-order chi connectivity index (χ1) is 12.1. The average molecular weight is 354 g/mol. The number of aryl methyl sites for hydroxylation is 1. The molecule has 0 spiro atoms. The molecular weight excluding hydrogens is 340 g/mol. The van der Waals surface area contributed by atoms with Crippen molar-refractivity contribution in [2.24, 2.45) is 0 Å². The minimum absolute atomic E-state index is 0.0208. The number of rotatable bonds is 3. The quantitative estimate of drug-likeness (QED) is 0.748. The maximum Gasteiger partial charge on any atom is 0.261 e. The number of benzene rings is 2. The number of para-hydroxylation sites is 1. The van der Waals surface area contributed by atoms with Crippen LogP contribution in [0.1, 0.15) is 15.9 Å². The minimum Gasteiger partial charge on any atom is -0.507 e. The first-order valence-corrected chi connectivity index (χ1v) is 8.45. The summed E-state index contributed by atoms with van der Waals surface area (Å²) in [6.45, 7) is 1.96. The Bertz CT molecular complexity index is 967. The third-order valence-corrected chi connectivity index (χ3v) is 4.63. The van der Waals surface area contributed by atoms with Crippen molar-refractivity contribution in [3.8, 4) is 28.5 Å². The zero-order chi connectivity index (χ0) is 17.4. The van der Waals surface area contributed by atoms with Gasteiger partial charge in [-0.25, -0.2) is 4.98 Å². The number of aromatic nitrogens is 1. The Morgan fingerprint density at radius 3 is 2.96 bits per heavy atom. The third kappa shape index (κ3) is 2.89. The van der Waals surface area contributed by atoms with Gasteiger partial charge in [0.15, 0.2) is 16.6 Å². The van der Waals surface area contributed by atoms with E-state index in [1.54, 1.807) is 25.1 Å². The lowest BCUT2D eigenvalue weighted by atomic mass is 10.1. The van der Waals surface area contributed by atoms with E-state index in [0.29, 0.717) is 22.2 Å². The summed E-state index contributed by atoms with van der Waals surface area (Å²) < 4.78 is 10.7. The summed E-state index contributed by atoms with van der Waals surface area (Å²) >= 11 is 1.31. The molecule has 4 rings (SSSR count). The predicted octanol–water partition coefficient (Wildman–Crippen LogP) is 3.81. The number of phenols is 1. The van der Waals surface area contributed by atoms with Crippen LogP contribution in [0.5, 0.6) is 17.2 Å². The highest BCUT2D eigenvalue weighted by atomic mass is 32.1. The summed E-state index contributed by atoms with van der Waals surface area (Å²) in [6.07, 6.45) is 0. The fourth-order valence-corrected chi connectivity index (χ4v) is 3.24. The number of nitrogens with zero attached hydrogens (tertiary/aromatic N) is 1.